The number of rotatable bonds is 4. The van der Waals surface area contributed by atoms with Crippen molar-refractivity contribution in [3.63, 3.8) is 0 Å². The summed E-state index contributed by atoms with van der Waals surface area (Å²) >= 11 is 0. The quantitative estimate of drug-likeness (QED) is 0.793. The molecule has 0 aliphatic carbocycles. The Morgan fingerprint density at radius 3 is 2.95 bits per heavy atom. The van der Waals surface area contributed by atoms with Crippen molar-refractivity contribution < 1.29 is 4.79 Å². The number of amides is 1. The van der Waals surface area contributed by atoms with Gasteiger partial charge in [-0.25, -0.2) is 9.97 Å². The van der Waals surface area contributed by atoms with E-state index in [0.29, 0.717) is 18.7 Å². The molecule has 2 rings (SSSR count). The zero-order chi connectivity index (χ0) is 13.8. The zero-order valence-corrected chi connectivity index (χ0v) is 11.1. The van der Waals surface area contributed by atoms with Crippen molar-refractivity contribution in [2.24, 2.45) is 0 Å². The van der Waals surface area contributed by atoms with Crippen LogP contribution in [0.1, 0.15) is 6.42 Å². The third kappa shape index (κ3) is 2.90. The van der Waals surface area contributed by atoms with E-state index >= 15 is 0 Å². The monoisotopic (exact) mass is 259 g/mol. The lowest BCUT2D eigenvalue weighted by Gasteiger charge is -2.19. The van der Waals surface area contributed by atoms with Crippen LogP contribution in [0.25, 0.3) is 10.9 Å². The smallest absolute Gasteiger partial charge is 0.221 e. The first kappa shape index (κ1) is 13.1. The van der Waals surface area contributed by atoms with Crippen LogP contribution in [0, 0.1) is 0 Å². The average Bonchev–Trinajstić information content (AvgIpc) is 2.43. The Morgan fingerprint density at radius 2 is 2.21 bits per heavy atom. The van der Waals surface area contributed by atoms with Gasteiger partial charge in [-0.15, -0.1) is 0 Å². The average molecular weight is 259 g/mol. The minimum Gasteiger partial charge on any atom is -0.399 e. The number of anilines is 2. The van der Waals surface area contributed by atoms with Gasteiger partial charge < -0.3 is 16.0 Å². The minimum atomic E-state index is 0.00876. The van der Waals surface area contributed by atoms with E-state index in [1.165, 1.54) is 6.33 Å². The van der Waals surface area contributed by atoms with Crippen LogP contribution in [-0.4, -0.2) is 36.5 Å². The first-order valence-electron chi connectivity index (χ1n) is 6.04. The molecule has 1 aromatic carbocycles. The highest BCUT2D eigenvalue weighted by Gasteiger charge is 2.10. The number of hydrogen-bond acceptors (Lipinski definition) is 5. The van der Waals surface area contributed by atoms with Gasteiger partial charge in [-0.3, -0.25) is 4.79 Å². The molecule has 1 aromatic heterocycles. The lowest BCUT2D eigenvalue weighted by Crippen LogP contribution is -2.27. The van der Waals surface area contributed by atoms with E-state index in [0.717, 1.165) is 16.7 Å². The van der Waals surface area contributed by atoms with Crippen LogP contribution >= 0.6 is 0 Å². The third-order valence-corrected chi connectivity index (χ3v) is 2.95. The Bertz CT molecular complexity index is 599. The molecule has 0 radical (unpaired) electrons. The molecule has 0 fully saturated rings. The highest BCUT2D eigenvalue weighted by Crippen LogP contribution is 2.23. The lowest BCUT2D eigenvalue weighted by atomic mass is 10.2. The number of nitrogens with zero attached hydrogens (tertiary/aromatic N) is 3. The van der Waals surface area contributed by atoms with E-state index in [9.17, 15) is 4.79 Å². The summed E-state index contributed by atoms with van der Waals surface area (Å²) in [6, 6.07) is 5.53. The largest absolute Gasteiger partial charge is 0.399 e. The predicted octanol–water partition coefficient (Wildman–Crippen LogP) is 0.784. The second-order valence-electron chi connectivity index (χ2n) is 4.32. The topological polar surface area (TPSA) is 84.1 Å². The molecule has 1 amide bonds. The summed E-state index contributed by atoms with van der Waals surface area (Å²) in [6.07, 6.45) is 1.93. The second kappa shape index (κ2) is 5.51. The summed E-state index contributed by atoms with van der Waals surface area (Å²) in [5, 5.41) is 3.53. The number of nitrogens with two attached hydrogens (primary N) is 1. The van der Waals surface area contributed by atoms with E-state index < -0.39 is 0 Å². The van der Waals surface area contributed by atoms with E-state index in [1.54, 1.807) is 7.05 Å². The molecule has 100 valence electrons. The van der Waals surface area contributed by atoms with Gasteiger partial charge in [0.15, 0.2) is 0 Å². The van der Waals surface area contributed by atoms with Gasteiger partial charge in [0.05, 0.1) is 5.52 Å². The van der Waals surface area contributed by atoms with Gasteiger partial charge in [0.2, 0.25) is 5.91 Å². The molecule has 6 nitrogen and oxygen atoms in total. The number of nitrogen functional groups attached to an aromatic ring is 1. The minimum absolute atomic E-state index is 0.00876. The maximum atomic E-state index is 11.3. The first-order chi connectivity index (χ1) is 9.11. The van der Waals surface area contributed by atoms with Crippen LogP contribution in [-0.2, 0) is 4.79 Å². The molecular weight excluding hydrogens is 242 g/mol. The Kier molecular flexibility index (Phi) is 3.79. The maximum Gasteiger partial charge on any atom is 0.221 e. The van der Waals surface area contributed by atoms with Crippen molar-refractivity contribution >= 4 is 28.3 Å². The predicted molar refractivity (Wildman–Crippen MR) is 75.9 cm³/mol. The molecule has 0 unspecified atom stereocenters. The Hall–Kier alpha value is -2.37. The number of aromatic nitrogens is 2. The van der Waals surface area contributed by atoms with Crippen LogP contribution in [0.5, 0.6) is 0 Å². The van der Waals surface area contributed by atoms with Crippen molar-refractivity contribution in [2.45, 2.75) is 6.42 Å². The molecule has 0 atom stereocenters. The fraction of sp³-hybridized carbons (Fsp3) is 0.308. The summed E-state index contributed by atoms with van der Waals surface area (Å²) < 4.78 is 0. The standard InChI is InChI=1S/C13H17N5O/c1-15-12(19)5-6-18(2)13-10-4-3-9(14)7-11(10)16-8-17-13/h3-4,7-8H,5-6,14H2,1-2H3,(H,15,19). The molecule has 3 N–H and O–H groups in total. The van der Waals surface area contributed by atoms with Crippen LogP contribution < -0.4 is 16.0 Å². The number of benzene rings is 1. The van der Waals surface area contributed by atoms with Crippen LogP contribution in [0.4, 0.5) is 11.5 Å². The van der Waals surface area contributed by atoms with E-state index in [2.05, 4.69) is 15.3 Å². The van der Waals surface area contributed by atoms with Gasteiger partial charge in [-0.05, 0) is 18.2 Å². The van der Waals surface area contributed by atoms with Crippen LogP contribution in [0.3, 0.4) is 0 Å². The first-order valence-corrected chi connectivity index (χ1v) is 6.04. The van der Waals surface area contributed by atoms with Crippen molar-refractivity contribution in [3.05, 3.63) is 24.5 Å². The van der Waals surface area contributed by atoms with Gasteiger partial charge in [0.1, 0.15) is 12.1 Å². The highest BCUT2D eigenvalue weighted by molar-refractivity contribution is 5.91. The number of carbonyl (C=O) groups is 1. The fourth-order valence-electron chi connectivity index (χ4n) is 1.86. The van der Waals surface area contributed by atoms with Gasteiger partial charge in [-0.1, -0.05) is 0 Å². The summed E-state index contributed by atoms with van der Waals surface area (Å²) in [5.41, 5.74) is 7.21. The molecule has 0 aliphatic rings. The molecule has 1 heterocycles. The normalized spacial score (nSPS) is 10.4. The van der Waals surface area contributed by atoms with Crippen LogP contribution in [0.2, 0.25) is 0 Å². The molecule has 0 saturated heterocycles. The molecule has 0 saturated carbocycles. The van der Waals surface area contributed by atoms with E-state index in [1.807, 2.05) is 30.1 Å². The summed E-state index contributed by atoms with van der Waals surface area (Å²) in [7, 11) is 3.53. The van der Waals surface area contributed by atoms with Gasteiger partial charge in [0.25, 0.3) is 0 Å². The summed E-state index contributed by atoms with van der Waals surface area (Å²) in [4.78, 5) is 21.7. The van der Waals surface area contributed by atoms with E-state index in [-0.39, 0.29) is 5.91 Å². The zero-order valence-electron chi connectivity index (χ0n) is 11.1. The Labute approximate surface area is 111 Å². The molecular formula is C13H17N5O. The number of fused-ring (bicyclic) bond motifs is 1. The van der Waals surface area contributed by atoms with Gasteiger partial charge >= 0.3 is 0 Å². The van der Waals surface area contributed by atoms with E-state index in [4.69, 9.17) is 5.73 Å². The summed E-state index contributed by atoms with van der Waals surface area (Å²) in [6.45, 7) is 0.593. The second-order valence-corrected chi connectivity index (χ2v) is 4.32. The lowest BCUT2D eigenvalue weighted by molar-refractivity contribution is -0.120. The highest BCUT2D eigenvalue weighted by atomic mass is 16.1. The SMILES string of the molecule is CNC(=O)CCN(C)c1ncnc2cc(N)ccc12. The van der Waals surface area contributed by atoms with Crippen molar-refractivity contribution in [2.75, 3.05) is 31.3 Å². The van der Waals surface area contributed by atoms with Crippen LogP contribution in [0.15, 0.2) is 24.5 Å². The van der Waals surface area contributed by atoms with Gasteiger partial charge in [-0.2, -0.15) is 0 Å². The molecule has 2 aromatic rings. The third-order valence-electron chi connectivity index (χ3n) is 2.95. The summed E-state index contributed by atoms with van der Waals surface area (Å²) in [5.74, 6) is 0.809. The number of carbonyl (C=O) groups excluding carboxylic acids is 1. The Balaban J connectivity index is 2.26. The number of hydrogen-bond donors (Lipinski definition) is 2. The molecule has 0 spiro atoms. The van der Waals surface area contributed by atoms with Gasteiger partial charge in [0, 0.05) is 38.1 Å². The van der Waals surface area contributed by atoms with Crippen molar-refractivity contribution in [3.8, 4) is 0 Å². The molecule has 0 bridgehead atoms. The molecule has 6 heteroatoms. The van der Waals surface area contributed by atoms with Crippen molar-refractivity contribution in [1.82, 2.24) is 15.3 Å². The number of nitrogens with one attached hydrogen (secondary N) is 1. The van der Waals surface area contributed by atoms with Crippen molar-refractivity contribution in [1.29, 1.82) is 0 Å². The molecule has 19 heavy (non-hydrogen) atoms. The Morgan fingerprint density at radius 1 is 1.42 bits per heavy atom. The fourth-order valence-corrected chi connectivity index (χ4v) is 1.86. The molecule has 0 aliphatic heterocycles. The maximum absolute atomic E-state index is 11.3.